The van der Waals surface area contributed by atoms with Crippen LogP contribution >= 0.6 is 0 Å². The van der Waals surface area contributed by atoms with Crippen LogP contribution in [-0.2, 0) is 0 Å². The maximum atomic E-state index is 9.56. The first-order valence-electron chi connectivity index (χ1n) is 5.72. The van der Waals surface area contributed by atoms with Gasteiger partial charge in [-0.3, -0.25) is 0 Å². The lowest BCUT2D eigenvalue weighted by Crippen LogP contribution is -2.33. The second-order valence-corrected chi connectivity index (χ2v) is 4.66. The maximum absolute atomic E-state index is 9.56. The van der Waals surface area contributed by atoms with Crippen molar-refractivity contribution in [3.05, 3.63) is 12.2 Å². The Morgan fingerprint density at radius 1 is 1.50 bits per heavy atom. The van der Waals surface area contributed by atoms with Crippen LogP contribution in [0.4, 0.5) is 0 Å². The number of rotatable bonds is 3. The molecule has 1 aliphatic carbocycles. The summed E-state index contributed by atoms with van der Waals surface area (Å²) in [6.45, 7) is 6.57. The molecular formula is C12H23NO. The second kappa shape index (κ2) is 5.52. The van der Waals surface area contributed by atoms with Crippen molar-refractivity contribution >= 4 is 0 Å². The summed E-state index contributed by atoms with van der Waals surface area (Å²) >= 11 is 0. The number of aliphatic hydroxyl groups is 1. The first-order chi connectivity index (χ1) is 6.66. The molecule has 82 valence electrons. The highest BCUT2D eigenvalue weighted by molar-refractivity contribution is 4.94. The first-order valence-corrected chi connectivity index (χ1v) is 5.72. The van der Waals surface area contributed by atoms with E-state index in [4.69, 9.17) is 0 Å². The minimum atomic E-state index is -0.226. The van der Waals surface area contributed by atoms with E-state index in [0.29, 0.717) is 5.41 Å². The fraction of sp³-hybridized carbons (Fsp3) is 0.833. The number of hydrogen-bond acceptors (Lipinski definition) is 2. The van der Waals surface area contributed by atoms with Gasteiger partial charge in [-0.1, -0.05) is 26.0 Å². The summed E-state index contributed by atoms with van der Waals surface area (Å²) in [5.74, 6) is 0. The fourth-order valence-electron chi connectivity index (χ4n) is 2.01. The van der Waals surface area contributed by atoms with Gasteiger partial charge in [-0.05, 0) is 37.6 Å². The molecule has 1 aliphatic rings. The summed E-state index contributed by atoms with van der Waals surface area (Å²) in [4.78, 5) is 0. The van der Waals surface area contributed by atoms with E-state index in [1.165, 1.54) is 6.42 Å². The predicted molar refractivity (Wildman–Crippen MR) is 60.3 cm³/mol. The van der Waals surface area contributed by atoms with Crippen LogP contribution in [-0.4, -0.2) is 24.3 Å². The highest BCUT2D eigenvalue weighted by atomic mass is 16.3. The van der Waals surface area contributed by atoms with E-state index in [1.54, 1.807) is 0 Å². The van der Waals surface area contributed by atoms with Gasteiger partial charge in [-0.2, -0.15) is 0 Å². The van der Waals surface area contributed by atoms with Gasteiger partial charge in [0, 0.05) is 6.54 Å². The van der Waals surface area contributed by atoms with Gasteiger partial charge >= 0.3 is 0 Å². The summed E-state index contributed by atoms with van der Waals surface area (Å²) in [5, 5.41) is 13.0. The zero-order valence-electron chi connectivity index (χ0n) is 9.42. The Balaban J connectivity index is 2.47. The Morgan fingerprint density at radius 3 is 3.00 bits per heavy atom. The standard InChI is InChI=1S/C12H23NO/c1-3-13-10-12(2)8-5-4-6-11(14)7-9-12/h4,6,11,13-14H,3,5,7-10H2,1-2H3/b6-4-. The van der Waals surface area contributed by atoms with Gasteiger partial charge in [0.1, 0.15) is 0 Å². The lowest BCUT2D eigenvalue weighted by atomic mass is 9.79. The Morgan fingerprint density at radius 2 is 2.29 bits per heavy atom. The normalized spacial score (nSPS) is 36.1. The van der Waals surface area contributed by atoms with Crippen molar-refractivity contribution in [2.24, 2.45) is 5.41 Å². The number of hydrogen-bond donors (Lipinski definition) is 2. The molecule has 0 radical (unpaired) electrons. The molecule has 0 fully saturated rings. The molecule has 14 heavy (non-hydrogen) atoms. The summed E-state index contributed by atoms with van der Waals surface area (Å²) in [6.07, 6.45) is 8.17. The Labute approximate surface area is 87.4 Å². The molecule has 0 aliphatic heterocycles. The predicted octanol–water partition coefficient (Wildman–Crippen LogP) is 2.09. The molecule has 2 atom stereocenters. The van der Waals surface area contributed by atoms with E-state index >= 15 is 0 Å². The summed E-state index contributed by atoms with van der Waals surface area (Å²) in [6, 6.07) is 0. The van der Waals surface area contributed by atoms with E-state index in [0.717, 1.165) is 32.4 Å². The van der Waals surface area contributed by atoms with E-state index in [1.807, 2.05) is 6.08 Å². The summed E-state index contributed by atoms with van der Waals surface area (Å²) in [5.41, 5.74) is 0.363. The fourth-order valence-corrected chi connectivity index (χ4v) is 2.01. The number of aliphatic hydroxyl groups excluding tert-OH is 1. The summed E-state index contributed by atoms with van der Waals surface area (Å²) in [7, 11) is 0. The molecule has 0 aromatic heterocycles. The zero-order valence-corrected chi connectivity index (χ0v) is 9.42. The quantitative estimate of drug-likeness (QED) is 0.679. The van der Waals surface area contributed by atoms with E-state index in [-0.39, 0.29) is 6.10 Å². The van der Waals surface area contributed by atoms with Crippen LogP contribution in [0.1, 0.15) is 39.5 Å². The Bertz CT molecular complexity index is 191. The molecule has 2 unspecified atom stereocenters. The van der Waals surface area contributed by atoms with Crippen molar-refractivity contribution in [3.63, 3.8) is 0 Å². The third kappa shape index (κ3) is 3.81. The van der Waals surface area contributed by atoms with Gasteiger partial charge in [0.2, 0.25) is 0 Å². The third-order valence-electron chi connectivity index (χ3n) is 3.12. The monoisotopic (exact) mass is 197 g/mol. The number of allylic oxidation sites excluding steroid dienone is 1. The van der Waals surface area contributed by atoms with Crippen LogP contribution in [0.2, 0.25) is 0 Å². The summed E-state index contributed by atoms with van der Waals surface area (Å²) < 4.78 is 0. The molecule has 0 heterocycles. The largest absolute Gasteiger partial charge is 0.389 e. The van der Waals surface area contributed by atoms with Crippen LogP contribution in [0.25, 0.3) is 0 Å². The highest BCUT2D eigenvalue weighted by Gasteiger charge is 2.24. The zero-order chi connectivity index (χ0) is 10.4. The van der Waals surface area contributed by atoms with E-state index in [9.17, 15) is 5.11 Å². The van der Waals surface area contributed by atoms with Crippen LogP contribution in [0.3, 0.4) is 0 Å². The molecule has 0 saturated heterocycles. The Hall–Kier alpha value is -0.340. The molecule has 2 nitrogen and oxygen atoms in total. The lowest BCUT2D eigenvalue weighted by molar-refractivity contribution is 0.163. The van der Waals surface area contributed by atoms with Gasteiger partial charge in [0.15, 0.2) is 0 Å². The minimum Gasteiger partial charge on any atom is -0.389 e. The molecule has 0 saturated carbocycles. The topological polar surface area (TPSA) is 32.3 Å². The van der Waals surface area contributed by atoms with Crippen molar-refractivity contribution in [1.29, 1.82) is 0 Å². The molecule has 1 rings (SSSR count). The molecule has 0 aromatic rings. The van der Waals surface area contributed by atoms with Crippen LogP contribution < -0.4 is 5.32 Å². The number of nitrogens with one attached hydrogen (secondary N) is 1. The molecular weight excluding hydrogens is 174 g/mol. The van der Waals surface area contributed by atoms with Crippen molar-refractivity contribution in [2.45, 2.75) is 45.6 Å². The molecule has 2 heteroatoms. The molecule has 0 bridgehead atoms. The molecule has 0 spiro atoms. The van der Waals surface area contributed by atoms with Crippen LogP contribution in [0.5, 0.6) is 0 Å². The Kier molecular flexibility index (Phi) is 4.63. The minimum absolute atomic E-state index is 0.226. The van der Waals surface area contributed by atoms with E-state index in [2.05, 4.69) is 25.2 Å². The molecule has 2 N–H and O–H groups in total. The third-order valence-corrected chi connectivity index (χ3v) is 3.12. The van der Waals surface area contributed by atoms with Gasteiger partial charge in [-0.15, -0.1) is 0 Å². The average molecular weight is 197 g/mol. The van der Waals surface area contributed by atoms with Gasteiger partial charge in [0.25, 0.3) is 0 Å². The maximum Gasteiger partial charge on any atom is 0.0721 e. The second-order valence-electron chi connectivity index (χ2n) is 4.66. The molecule has 0 amide bonds. The van der Waals surface area contributed by atoms with Gasteiger partial charge < -0.3 is 10.4 Å². The van der Waals surface area contributed by atoms with Crippen molar-refractivity contribution in [3.8, 4) is 0 Å². The molecule has 0 aromatic carbocycles. The van der Waals surface area contributed by atoms with Crippen LogP contribution in [0, 0.1) is 5.41 Å². The van der Waals surface area contributed by atoms with Crippen LogP contribution in [0.15, 0.2) is 12.2 Å². The lowest BCUT2D eigenvalue weighted by Gasteiger charge is -2.31. The highest BCUT2D eigenvalue weighted by Crippen LogP contribution is 2.31. The van der Waals surface area contributed by atoms with E-state index < -0.39 is 0 Å². The van der Waals surface area contributed by atoms with Crippen molar-refractivity contribution in [1.82, 2.24) is 5.32 Å². The first kappa shape index (κ1) is 11.7. The van der Waals surface area contributed by atoms with Gasteiger partial charge in [-0.25, -0.2) is 0 Å². The SMILES string of the molecule is CCNCC1(C)CC/C=C\C(O)CC1. The van der Waals surface area contributed by atoms with Gasteiger partial charge in [0.05, 0.1) is 6.10 Å². The van der Waals surface area contributed by atoms with Crippen molar-refractivity contribution in [2.75, 3.05) is 13.1 Å². The average Bonchev–Trinajstić information content (AvgIpc) is 2.17. The van der Waals surface area contributed by atoms with Crippen molar-refractivity contribution < 1.29 is 5.11 Å². The smallest absolute Gasteiger partial charge is 0.0721 e.